The smallest absolute Gasteiger partial charge is 0.407 e. The number of aromatic amines is 2. The largest absolute Gasteiger partial charge is 0.453 e. The van der Waals surface area contributed by atoms with Crippen molar-refractivity contribution in [2.75, 3.05) is 40.4 Å². The number of hydrogen-bond acceptors (Lipinski definition) is 8. The number of nitrogens with zero attached hydrogens (tertiary/aromatic N) is 4. The van der Waals surface area contributed by atoms with Gasteiger partial charge in [0, 0.05) is 18.7 Å². The van der Waals surface area contributed by atoms with Crippen molar-refractivity contribution in [2.24, 2.45) is 5.92 Å². The molecular weight excluding hydrogens is 713 g/mol. The van der Waals surface area contributed by atoms with E-state index >= 15 is 0 Å². The van der Waals surface area contributed by atoms with E-state index in [4.69, 9.17) is 9.97 Å². The normalized spacial score (nSPS) is 20.9. The second-order valence-corrected chi connectivity index (χ2v) is 15.4. The molecule has 1 unspecified atom stereocenters. The molecule has 56 heavy (non-hydrogen) atoms. The summed E-state index contributed by atoms with van der Waals surface area (Å²) in [6.07, 6.45) is 11.1. The van der Waals surface area contributed by atoms with Crippen molar-refractivity contribution < 1.29 is 28.7 Å². The number of amides is 4. The molecule has 3 atom stereocenters. The van der Waals surface area contributed by atoms with Crippen LogP contribution in [0.2, 0.25) is 0 Å². The van der Waals surface area contributed by atoms with Gasteiger partial charge >= 0.3 is 12.2 Å². The molecule has 14 heteroatoms. The summed E-state index contributed by atoms with van der Waals surface area (Å²) in [5, 5.41) is 5.04. The number of carbonyl (C=O) groups excluding carboxylic acids is 4. The number of H-pyrrole nitrogens is 2. The van der Waals surface area contributed by atoms with Crippen LogP contribution >= 0.6 is 0 Å². The third kappa shape index (κ3) is 7.87. The Morgan fingerprint density at radius 3 is 2.14 bits per heavy atom. The Balaban J connectivity index is 1.10. The molecule has 4 N–H and O–H groups in total. The van der Waals surface area contributed by atoms with E-state index in [9.17, 15) is 19.2 Å². The molecule has 3 aliphatic rings. The number of hydrogen-bond donors (Lipinski definition) is 4. The summed E-state index contributed by atoms with van der Waals surface area (Å²) in [7, 11) is 2.56. The van der Waals surface area contributed by atoms with Gasteiger partial charge in [0.2, 0.25) is 11.8 Å². The van der Waals surface area contributed by atoms with E-state index in [0.717, 1.165) is 97.5 Å². The number of aromatic nitrogens is 4. The first kappa shape index (κ1) is 38.6. The molecule has 1 aliphatic carbocycles. The number of ether oxygens (including phenoxy) is 2. The Bertz CT molecular complexity index is 2070. The van der Waals surface area contributed by atoms with Gasteiger partial charge in [0.05, 0.1) is 49.6 Å². The highest BCUT2D eigenvalue weighted by Gasteiger charge is 2.41. The number of methoxy groups -OCH3 is 2. The number of imidazole rings is 2. The second kappa shape index (κ2) is 16.6. The number of piperidine rings is 2. The van der Waals surface area contributed by atoms with Gasteiger partial charge in [-0.3, -0.25) is 9.59 Å². The summed E-state index contributed by atoms with van der Waals surface area (Å²) in [5.74, 6) is 1.50. The van der Waals surface area contributed by atoms with E-state index in [-0.39, 0.29) is 30.9 Å². The molecule has 2 fully saturated rings. The van der Waals surface area contributed by atoms with Crippen LogP contribution < -0.4 is 10.6 Å². The van der Waals surface area contributed by atoms with Gasteiger partial charge in [0.1, 0.15) is 24.7 Å². The molecule has 0 saturated carbocycles. The molecule has 7 rings (SSSR count). The highest BCUT2D eigenvalue weighted by Crippen LogP contribution is 2.41. The number of rotatable bonds is 9. The van der Waals surface area contributed by atoms with Crippen molar-refractivity contribution in [2.45, 2.75) is 83.2 Å². The van der Waals surface area contributed by atoms with E-state index < -0.39 is 17.7 Å². The fourth-order valence-electron chi connectivity index (χ4n) is 8.72. The Labute approximate surface area is 327 Å². The standard InChI is InChI=1S/C42H52N8O6/c1-26-11-18-35(49(25-26)36(51)23-45-40(53)55-3)38-43-21-33(47-38)28-14-12-27(13-15-28)29-16-17-32(31-10-6-5-9-30(29)31)34-22-44-39(48-34)42(2)19-7-8-20-50(42)37(52)24-46-41(54)56-4/h12-17,21-22,26,35H,5-11,18-20,23-25H2,1-4H3,(H,43,47)(H,44,48)(H,45,53)(H,46,54)/t26-,35?,42+/m0/s1. The van der Waals surface area contributed by atoms with Gasteiger partial charge in [-0.2, -0.15) is 0 Å². The van der Waals surface area contributed by atoms with Gasteiger partial charge in [-0.05, 0) is 98.4 Å². The number of alkyl carbamates (subject to hydrolysis) is 2. The summed E-state index contributed by atoms with van der Waals surface area (Å²) in [6.45, 7) is 5.11. The fraction of sp³-hybridized carbons (Fsp3) is 0.476. The average Bonchev–Trinajstić information content (AvgIpc) is 3.93. The zero-order valence-corrected chi connectivity index (χ0v) is 32.7. The predicted molar refractivity (Wildman–Crippen MR) is 210 cm³/mol. The molecule has 2 saturated heterocycles. The number of fused-ring (bicyclic) bond motifs is 1. The molecule has 2 aromatic heterocycles. The van der Waals surface area contributed by atoms with Gasteiger partial charge in [0.25, 0.3) is 0 Å². The summed E-state index contributed by atoms with van der Waals surface area (Å²) in [5.41, 5.74) is 8.38. The van der Waals surface area contributed by atoms with Crippen LogP contribution in [0.5, 0.6) is 0 Å². The van der Waals surface area contributed by atoms with Crippen LogP contribution in [0, 0.1) is 5.92 Å². The number of nitrogens with one attached hydrogen (secondary N) is 4. The third-order valence-electron chi connectivity index (χ3n) is 11.8. The van der Waals surface area contributed by atoms with Crippen LogP contribution in [0.15, 0.2) is 48.8 Å². The number of benzene rings is 2. The van der Waals surface area contributed by atoms with Gasteiger partial charge in [-0.1, -0.05) is 43.3 Å². The van der Waals surface area contributed by atoms with E-state index in [1.807, 2.05) is 22.2 Å². The molecule has 2 aliphatic heterocycles. The lowest BCUT2D eigenvalue weighted by atomic mass is 9.82. The van der Waals surface area contributed by atoms with E-state index in [2.05, 4.69) is 80.3 Å². The van der Waals surface area contributed by atoms with E-state index in [1.165, 1.54) is 30.9 Å². The quantitative estimate of drug-likeness (QED) is 0.155. The molecule has 4 amide bonds. The van der Waals surface area contributed by atoms with Crippen LogP contribution in [0.25, 0.3) is 33.6 Å². The second-order valence-electron chi connectivity index (χ2n) is 15.4. The van der Waals surface area contributed by atoms with Crippen molar-refractivity contribution in [3.8, 4) is 33.6 Å². The molecule has 0 spiro atoms. The number of carbonyl (C=O) groups is 4. The summed E-state index contributed by atoms with van der Waals surface area (Å²) in [6, 6.07) is 12.7. The minimum absolute atomic E-state index is 0.127. The Morgan fingerprint density at radius 2 is 1.43 bits per heavy atom. The van der Waals surface area contributed by atoms with Crippen LogP contribution in [0.1, 0.15) is 87.6 Å². The minimum Gasteiger partial charge on any atom is -0.453 e. The topological polar surface area (TPSA) is 175 Å². The van der Waals surface area contributed by atoms with Crippen molar-refractivity contribution in [3.05, 3.63) is 71.6 Å². The van der Waals surface area contributed by atoms with Crippen LogP contribution in [-0.4, -0.2) is 94.1 Å². The summed E-state index contributed by atoms with van der Waals surface area (Å²) < 4.78 is 9.30. The molecule has 296 valence electrons. The highest BCUT2D eigenvalue weighted by atomic mass is 16.5. The van der Waals surface area contributed by atoms with Crippen LogP contribution in [0.4, 0.5) is 9.59 Å². The molecule has 0 radical (unpaired) electrons. The van der Waals surface area contributed by atoms with Gasteiger partial charge in [-0.15, -0.1) is 0 Å². The molecule has 4 heterocycles. The first-order valence-electron chi connectivity index (χ1n) is 19.7. The maximum absolute atomic E-state index is 13.3. The highest BCUT2D eigenvalue weighted by molar-refractivity contribution is 5.84. The van der Waals surface area contributed by atoms with Gasteiger partial charge < -0.3 is 39.9 Å². The van der Waals surface area contributed by atoms with Gasteiger partial charge in [0.15, 0.2) is 0 Å². The molecule has 0 bridgehead atoms. The zero-order chi connectivity index (χ0) is 39.4. The molecule has 2 aromatic carbocycles. The van der Waals surface area contributed by atoms with Crippen molar-refractivity contribution in [1.29, 1.82) is 0 Å². The van der Waals surface area contributed by atoms with Crippen molar-refractivity contribution in [1.82, 2.24) is 40.4 Å². The van der Waals surface area contributed by atoms with Crippen LogP contribution in [-0.2, 0) is 37.4 Å². The van der Waals surface area contributed by atoms with Crippen LogP contribution in [0.3, 0.4) is 0 Å². The summed E-state index contributed by atoms with van der Waals surface area (Å²) >= 11 is 0. The Hall–Kier alpha value is -5.66. The molecular formula is C42H52N8O6. The van der Waals surface area contributed by atoms with Gasteiger partial charge in [-0.25, -0.2) is 19.6 Å². The number of likely N-dealkylation sites (tertiary alicyclic amines) is 2. The van der Waals surface area contributed by atoms with Crippen molar-refractivity contribution >= 4 is 24.0 Å². The fourth-order valence-corrected chi connectivity index (χ4v) is 8.72. The minimum atomic E-state index is -0.632. The first-order chi connectivity index (χ1) is 27.1. The molecule has 14 nitrogen and oxygen atoms in total. The predicted octanol–water partition coefficient (Wildman–Crippen LogP) is 6.25. The summed E-state index contributed by atoms with van der Waals surface area (Å²) in [4.78, 5) is 70.0. The Morgan fingerprint density at radius 1 is 0.786 bits per heavy atom. The third-order valence-corrected chi connectivity index (χ3v) is 11.8. The maximum Gasteiger partial charge on any atom is 0.407 e. The Kier molecular flexibility index (Phi) is 11.4. The lowest BCUT2D eigenvalue weighted by Gasteiger charge is -2.43. The monoisotopic (exact) mass is 764 g/mol. The van der Waals surface area contributed by atoms with E-state index in [0.29, 0.717) is 19.0 Å². The van der Waals surface area contributed by atoms with Crippen molar-refractivity contribution in [3.63, 3.8) is 0 Å². The lowest BCUT2D eigenvalue weighted by molar-refractivity contribution is -0.139. The lowest BCUT2D eigenvalue weighted by Crippen LogP contribution is -2.53. The maximum atomic E-state index is 13.3. The SMILES string of the molecule is COC(=O)NCC(=O)N1C[C@@H](C)CCC1c1ncc(-c2ccc(-c3ccc(-c4cnc([C@@]5(C)CCCCN5C(=O)CNC(=O)OC)[nH]4)c4c3CCCC4)cc2)[nH]1. The molecule has 4 aromatic rings. The average molecular weight is 765 g/mol. The zero-order valence-electron chi connectivity index (χ0n) is 32.7. The van der Waals surface area contributed by atoms with E-state index in [1.54, 1.807) is 0 Å². The first-order valence-corrected chi connectivity index (χ1v) is 19.7.